The molecule has 3 amide bonds. The number of para-hydroxylation sites is 3. The fraction of sp³-hybridized carbons (Fsp3) is 0.200. The van der Waals surface area contributed by atoms with Gasteiger partial charge in [-0.1, -0.05) is 30.3 Å². The number of nitrogens with one attached hydrogen (secondary N) is 1. The molecule has 2 aliphatic rings. The lowest BCUT2D eigenvalue weighted by Crippen LogP contribution is -2.37. The molecule has 1 saturated heterocycles. The van der Waals surface area contributed by atoms with Crippen molar-refractivity contribution in [3.63, 3.8) is 0 Å². The number of rotatable bonds is 6. The van der Waals surface area contributed by atoms with Gasteiger partial charge in [0.25, 0.3) is 0 Å². The number of hydrogen-bond acceptors (Lipinski definition) is 5. The quantitative estimate of drug-likeness (QED) is 0.617. The summed E-state index contributed by atoms with van der Waals surface area (Å²) in [6.07, 6.45) is 0. The molecular weight excluding hydrogens is 422 g/mol. The van der Waals surface area contributed by atoms with Crippen molar-refractivity contribution in [3.05, 3.63) is 72.8 Å². The minimum atomic E-state index is -0.295. The Balaban J connectivity index is 1.23. The summed E-state index contributed by atoms with van der Waals surface area (Å²) in [6, 6.07) is 21.7. The summed E-state index contributed by atoms with van der Waals surface area (Å²) in [6.45, 7) is 1.87. The van der Waals surface area contributed by atoms with E-state index in [0.29, 0.717) is 60.7 Å². The Morgan fingerprint density at radius 2 is 1.67 bits per heavy atom. The summed E-state index contributed by atoms with van der Waals surface area (Å²) in [5.41, 5.74) is 1.26. The SMILES string of the molecule is O=C(CN1CCN(c2ccc3c(c2)OCCO3)C1=O)Nc1ccccc1Oc1ccccc1. The molecule has 168 valence electrons. The van der Waals surface area contributed by atoms with Crippen molar-refractivity contribution >= 4 is 23.3 Å². The minimum Gasteiger partial charge on any atom is -0.486 e. The van der Waals surface area contributed by atoms with Crippen molar-refractivity contribution < 1.29 is 23.8 Å². The van der Waals surface area contributed by atoms with Crippen LogP contribution in [0.15, 0.2) is 72.8 Å². The molecular formula is C25H23N3O5. The van der Waals surface area contributed by atoms with Gasteiger partial charge in [-0.25, -0.2) is 4.79 Å². The maximum Gasteiger partial charge on any atom is 0.325 e. The molecule has 8 nitrogen and oxygen atoms in total. The first kappa shape index (κ1) is 20.7. The van der Waals surface area contributed by atoms with Gasteiger partial charge < -0.3 is 24.4 Å². The van der Waals surface area contributed by atoms with Crippen LogP contribution in [0.4, 0.5) is 16.2 Å². The summed E-state index contributed by atoms with van der Waals surface area (Å²) in [5.74, 6) is 2.20. The van der Waals surface area contributed by atoms with Crippen LogP contribution in [0, 0.1) is 0 Å². The van der Waals surface area contributed by atoms with Crippen LogP contribution in [0.25, 0.3) is 0 Å². The predicted molar refractivity (Wildman–Crippen MR) is 123 cm³/mol. The van der Waals surface area contributed by atoms with Crippen LogP contribution in [0.2, 0.25) is 0 Å². The smallest absolute Gasteiger partial charge is 0.325 e. The van der Waals surface area contributed by atoms with Crippen molar-refractivity contribution in [1.29, 1.82) is 0 Å². The highest BCUT2D eigenvalue weighted by Crippen LogP contribution is 2.35. The second kappa shape index (κ2) is 9.12. The van der Waals surface area contributed by atoms with Crippen LogP contribution in [-0.4, -0.2) is 49.7 Å². The average Bonchev–Trinajstić information content (AvgIpc) is 3.20. The number of anilines is 2. The molecule has 2 heterocycles. The van der Waals surface area contributed by atoms with E-state index < -0.39 is 0 Å². The largest absolute Gasteiger partial charge is 0.486 e. The number of hydrogen-bond donors (Lipinski definition) is 1. The summed E-state index contributed by atoms with van der Waals surface area (Å²) in [7, 11) is 0. The van der Waals surface area contributed by atoms with Crippen molar-refractivity contribution in [2.45, 2.75) is 0 Å². The highest BCUT2D eigenvalue weighted by Gasteiger charge is 2.31. The molecule has 3 aromatic rings. The van der Waals surface area contributed by atoms with E-state index in [-0.39, 0.29) is 18.5 Å². The van der Waals surface area contributed by atoms with Gasteiger partial charge in [-0.2, -0.15) is 0 Å². The zero-order valence-electron chi connectivity index (χ0n) is 17.9. The Labute approximate surface area is 191 Å². The lowest BCUT2D eigenvalue weighted by atomic mass is 10.2. The highest BCUT2D eigenvalue weighted by atomic mass is 16.6. The van der Waals surface area contributed by atoms with Crippen molar-refractivity contribution in [2.24, 2.45) is 0 Å². The molecule has 0 bridgehead atoms. The molecule has 0 saturated carbocycles. The summed E-state index contributed by atoms with van der Waals surface area (Å²) < 4.78 is 17.1. The third-order valence-electron chi connectivity index (χ3n) is 5.40. The third kappa shape index (κ3) is 4.55. The van der Waals surface area contributed by atoms with E-state index in [2.05, 4.69) is 5.32 Å². The Bertz CT molecular complexity index is 1170. The maximum atomic E-state index is 12.9. The highest BCUT2D eigenvalue weighted by molar-refractivity contribution is 6.00. The first-order valence-corrected chi connectivity index (χ1v) is 10.8. The fourth-order valence-corrected chi connectivity index (χ4v) is 3.81. The van der Waals surface area contributed by atoms with Gasteiger partial charge in [0.1, 0.15) is 25.5 Å². The number of ether oxygens (including phenoxy) is 3. The number of amides is 3. The Morgan fingerprint density at radius 1 is 0.909 bits per heavy atom. The molecule has 0 unspecified atom stereocenters. The molecule has 5 rings (SSSR count). The summed E-state index contributed by atoms with van der Waals surface area (Å²) in [4.78, 5) is 28.8. The zero-order chi connectivity index (χ0) is 22.6. The van der Waals surface area contributed by atoms with Crippen LogP contribution >= 0.6 is 0 Å². The Morgan fingerprint density at radius 3 is 2.52 bits per heavy atom. The molecule has 0 radical (unpaired) electrons. The number of urea groups is 1. The topological polar surface area (TPSA) is 80.3 Å². The summed E-state index contributed by atoms with van der Waals surface area (Å²) in [5, 5.41) is 2.86. The second-order valence-electron chi connectivity index (χ2n) is 7.64. The molecule has 3 aromatic carbocycles. The predicted octanol–water partition coefficient (Wildman–Crippen LogP) is 4.13. The van der Waals surface area contributed by atoms with E-state index in [0.717, 1.165) is 0 Å². The first-order valence-electron chi connectivity index (χ1n) is 10.8. The Hall–Kier alpha value is -4.20. The van der Waals surface area contributed by atoms with Gasteiger partial charge in [-0.3, -0.25) is 9.69 Å². The van der Waals surface area contributed by atoms with E-state index in [1.165, 1.54) is 4.90 Å². The van der Waals surface area contributed by atoms with Crippen molar-refractivity contribution in [3.8, 4) is 23.0 Å². The molecule has 0 aliphatic carbocycles. The second-order valence-corrected chi connectivity index (χ2v) is 7.64. The lowest BCUT2D eigenvalue weighted by Gasteiger charge is -2.22. The van der Waals surface area contributed by atoms with E-state index in [9.17, 15) is 9.59 Å². The molecule has 1 fully saturated rings. The van der Waals surface area contributed by atoms with E-state index >= 15 is 0 Å². The molecule has 1 N–H and O–H groups in total. The number of carbonyl (C=O) groups excluding carboxylic acids is 2. The van der Waals surface area contributed by atoms with E-state index in [4.69, 9.17) is 14.2 Å². The zero-order valence-corrected chi connectivity index (χ0v) is 17.9. The number of nitrogens with zero attached hydrogens (tertiary/aromatic N) is 2. The van der Waals surface area contributed by atoms with Gasteiger partial charge in [-0.15, -0.1) is 0 Å². The van der Waals surface area contributed by atoms with Crippen molar-refractivity contribution in [2.75, 3.05) is 43.1 Å². The van der Waals surface area contributed by atoms with E-state index in [1.807, 2.05) is 48.5 Å². The molecule has 33 heavy (non-hydrogen) atoms. The fourth-order valence-electron chi connectivity index (χ4n) is 3.81. The molecule has 2 aliphatic heterocycles. The maximum absolute atomic E-state index is 12.9. The van der Waals surface area contributed by atoms with Crippen LogP contribution in [0.1, 0.15) is 0 Å². The van der Waals surface area contributed by atoms with Crippen LogP contribution in [0.3, 0.4) is 0 Å². The normalized spacial score (nSPS) is 14.8. The van der Waals surface area contributed by atoms with Gasteiger partial charge >= 0.3 is 6.03 Å². The van der Waals surface area contributed by atoms with E-state index in [1.54, 1.807) is 29.2 Å². The molecule has 0 atom stereocenters. The summed E-state index contributed by atoms with van der Waals surface area (Å²) >= 11 is 0. The first-order chi connectivity index (χ1) is 16.2. The minimum absolute atomic E-state index is 0.0560. The number of fused-ring (bicyclic) bond motifs is 1. The third-order valence-corrected chi connectivity index (χ3v) is 5.40. The van der Waals surface area contributed by atoms with Crippen LogP contribution < -0.4 is 24.4 Å². The van der Waals surface area contributed by atoms with Crippen LogP contribution in [-0.2, 0) is 4.79 Å². The van der Waals surface area contributed by atoms with Gasteiger partial charge in [0, 0.05) is 24.8 Å². The standard InChI is InChI=1S/C25H23N3O5/c29-24(26-20-8-4-5-9-21(20)33-19-6-2-1-3-7-19)17-27-12-13-28(25(27)30)18-10-11-22-23(16-18)32-15-14-31-22/h1-11,16H,12-15,17H2,(H,26,29). The average molecular weight is 445 g/mol. The number of carbonyl (C=O) groups is 2. The molecule has 0 aromatic heterocycles. The monoisotopic (exact) mass is 445 g/mol. The van der Waals surface area contributed by atoms with Crippen molar-refractivity contribution in [1.82, 2.24) is 4.90 Å². The molecule has 0 spiro atoms. The number of benzene rings is 3. The lowest BCUT2D eigenvalue weighted by molar-refractivity contribution is -0.116. The van der Waals surface area contributed by atoms with Crippen LogP contribution in [0.5, 0.6) is 23.0 Å². The van der Waals surface area contributed by atoms with Gasteiger partial charge in [-0.05, 0) is 36.4 Å². The van der Waals surface area contributed by atoms with Gasteiger partial charge in [0.05, 0.1) is 5.69 Å². The van der Waals surface area contributed by atoms with Gasteiger partial charge in [0.2, 0.25) is 5.91 Å². The Kier molecular flexibility index (Phi) is 5.72. The molecule has 8 heteroatoms. The van der Waals surface area contributed by atoms with Gasteiger partial charge in [0.15, 0.2) is 17.2 Å².